The second-order valence-electron chi connectivity index (χ2n) is 5.44. The lowest BCUT2D eigenvalue weighted by Crippen LogP contribution is -2.14. The molecule has 3 rings (SSSR count). The van der Waals surface area contributed by atoms with Crippen molar-refractivity contribution in [1.29, 1.82) is 0 Å². The molecule has 0 aliphatic carbocycles. The van der Waals surface area contributed by atoms with Gasteiger partial charge in [-0.1, -0.05) is 48.1 Å². The lowest BCUT2D eigenvalue weighted by molar-refractivity contribution is 0.596. The van der Waals surface area contributed by atoms with Crippen LogP contribution >= 0.6 is 11.3 Å². The van der Waals surface area contributed by atoms with Crippen molar-refractivity contribution in [3.8, 4) is 0 Å². The van der Waals surface area contributed by atoms with Crippen LogP contribution in [0.5, 0.6) is 0 Å². The number of hydrogen-bond acceptors (Lipinski definition) is 3. The molecule has 1 aromatic heterocycles. The molecule has 0 spiro atoms. The lowest BCUT2D eigenvalue weighted by atomic mass is 10.1. The van der Waals surface area contributed by atoms with E-state index in [1.165, 1.54) is 16.9 Å². The summed E-state index contributed by atoms with van der Waals surface area (Å²) in [4.78, 5) is 0.706. The molecule has 2 aromatic carbocycles. The van der Waals surface area contributed by atoms with Gasteiger partial charge in [0.15, 0.2) is 0 Å². The smallest absolute Gasteiger partial charge is 0.285 e. The predicted molar refractivity (Wildman–Crippen MR) is 94.1 cm³/mol. The highest BCUT2D eigenvalue weighted by atomic mass is 32.2. The Kier molecular flexibility index (Phi) is 4.12. The highest BCUT2D eigenvalue weighted by Crippen LogP contribution is 2.22. The Labute approximate surface area is 139 Å². The molecule has 1 heterocycles. The molecule has 0 saturated heterocycles. The van der Waals surface area contributed by atoms with E-state index in [0.717, 1.165) is 22.2 Å². The summed E-state index contributed by atoms with van der Waals surface area (Å²) in [5, 5.41) is 0. The monoisotopic (exact) mass is 346 g/mol. The van der Waals surface area contributed by atoms with Crippen molar-refractivity contribution < 1.29 is 8.42 Å². The zero-order valence-corrected chi connectivity index (χ0v) is 14.9. The fourth-order valence-electron chi connectivity index (χ4n) is 2.52. The zero-order chi connectivity index (χ0) is 16.6. The van der Waals surface area contributed by atoms with Gasteiger partial charge in [-0.15, -0.1) is 4.40 Å². The first-order valence-corrected chi connectivity index (χ1v) is 9.63. The Balaban J connectivity index is 2.21. The van der Waals surface area contributed by atoms with Crippen molar-refractivity contribution in [3.05, 3.63) is 58.4 Å². The average molecular weight is 346 g/mol. The summed E-state index contributed by atoms with van der Waals surface area (Å²) in [5.74, 6) is 0. The van der Waals surface area contributed by atoms with Crippen molar-refractivity contribution in [3.63, 3.8) is 0 Å². The standard InChI is InChI=1S/C17H18N2O2S2/c1-4-13-6-5-7-15-16(13)19(3)17(22-15)18-23(20,21)14-10-8-12(2)9-11-14/h5-11H,4H2,1-3H3/b18-17-. The Bertz CT molecular complexity index is 1030. The molecular formula is C17H18N2O2S2. The average Bonchev–Trinajstić information content (AvgIpc) is 2.83. The van der Waals surface area contributed by atoms with Crippen molar-refractivity contribution in [2.24, 2.45) is 11.4 Å². The molecular weight excluding hydrogens is 328 g/mol. The molecule has 6 heteroatoms. The lowest BCUT2D eigenvalue weighted by Gasteiger charge is -2.02. The van der Waals surface area contributed by atoms with E-state index in [0.29, 0.717) is 4.80 Å². The number of para-hydroxylation sites is 1. The second-order valence-corrected chi connectivity index (χ2v) is 8.05. The molecule has 4 nitrogen and oxygen atoms in total. The van der Waals surface area contributed by atoms with E-state index >= 15 is 0 Å². The molecule has 0 aliphatic heterocycles. The number of aryl methyl sites for hydroxylation is 3. The van der Waals surface area contributed by atoms with E-state index in [9.17, 15) is 8.42 Å². The molecule has 3 aromatic rings. The van der Waals surface area contributed by atoms with Crippen LogP contribution in [0.2, 0.25) is 0 Å². The molecule has 0 saturated carbocycles. The summed E-state index contributed by atoms with van der Waals surface area (Å²) in [6, 6.07) is 12.8. The van der Waals surface area contributed by atoms with Crippen LogP contribution in [0.25, 0.3) is 10.2 Å². The summed E-state index contributed by atoms with van der Waals surface area (Å²) >= 11 is 1.40. The van der Waals surface area contributed by atoms with Crippen molar-refractivity contribution in [2.45, 2.75) is 25.2 Å². The molecule has 120 valence electrons. The number of hydrogen-bond donors (Lipinski definition) is 0. The molecule has 0 bridgehead atoms. The van der Waals surface area contributed by atoms with Crippen molar-refractivity contribution in [1.82, 2.24) is 4.57 Å². The Hall–Kier alpha value is -1.92. The van der Waals surface area contributed by atoms with Gasteiger partial charge in [0.2, 0.25) is 4.80 Å². The Morgan fingerprint density at radius 2 is 1.83 bits per heavy atom. The maximum atomic E-state index is 12.5. The molecule has 0 fully saturated rings. The molecule has 0 atom stereocenters. The summed E-state index contributed by atoms with van der Waals surface area (Å²) in [6.45, 7) is 4.01. The summed E-state index contributed by atoms with van der Waals surface area (Å²) in [6.07, 6.45) is 0.895. The highest BCUT2D eigenvalue weighted by molar-refractivity contribution is 7.90. The minimum atomic E-state index is -3.71. The molecule has 0 N–H and O–H groups in total. The third-order valence-corrected chi connectivity index (χ3v) is 6.30. The van der Waals surface area contributed by atoms with E-state index in [2.05, 4.69) is 17.4 Å². The Morgan fingerprint density at radius 3 is 2.48 bits per heavy atom. The molecule has 23 heavy (non-hydrogen) atoms. The van der Waals surface area contributed by atoms with Gasteiger partial charge in [-0.2, -0.15) is 8.42 Å². The Morgan fingerprint density at radius 1 is 1.13 bits per heavy atom. The normalized spacial score (nSPS) is 12.9. The number of sulfonamides is 1. The maximum Gasteiger partial charge on any atom is 0.285 e. The first kappa shape index (κ1) is 16.0. The number of aromatic nitrogens is 1. The van der Waals surface area contributed by atoms with Crippen LogP contribution < -0.4 is 4.80 Å². The second kappa shape index (κ2) is 5.94. The third-order valence-electron chi connectivity index (χ3n) is 3.80. The molecule has 0 unspecified atom stereocenters. The van der Waals surface area contributed by atoms with E-state index in [-0.39, 0.29) is 4.90 Å². The molecule has 0 amide bonds. The van der Waals surface area contributed by atoms with Gasteiger partial charge in [-0.05, 0) is 37.1 Å². The fourth-order valence-corrected chi connectivity index (χ4v) is 4.82. The topological polar surface area (TPSA) is 51.4 Å². The van der Waals surface area contributed by atoms with E-state index < -0.39 is 10.0 Å². The minimum Gasteiger partial charge on any atom is -0.319 e. The SMILES string of the molecule is CCc1cccc2s/c(=N\S(=O)(=O)c3ccc(C)cc3)n(C)c12. The number of nitrogens with zero attached hydrogens (tertiary/aromatic N) is 2. The largest absolute Gasteiger partial charge is 0.319 e. The third kappa shape index (κ3) is 2.96. The van der Waals surface area contributed by atoms with Crippen LogP contribution in [0, 0.1) is 6.92 Å². The van der Waals surface area contributed by atoms with Gasteiger partial charge in [0.25, 0.3) is 10.0 Å². The van der Waals surface area contributed by atoms with Crippen molar-refractivity contribution >= 4 is 31.6 Å². The van der Waals surface area contributed by atoms with Gasteiger partial charge in [0.05, 0.1) is 15.1 Å². The van der Waals surface area contributed by atoms with Crippen LogP contribution in [-0.2, 0) is 23.5 Å². The van der Waals surface area contributed by atoms with Gasteiger partial charge < -0.3 is 4.57 Å². The van der Waals surface area contributed by atoms with Crippen LogP contribution in [0.15, 0.2) is 51.8 Å². The van der Waals surface area contributed by atoms with Crippen LogP contribution in [0.3, 0.4) is 0 Å². The molecule has 0 radical (unpaired) electrons. The summed E-state index contributed by atoms with van der Waals surface area (Å²) in [5.41, 5.74) is 3.26. The van der Waals surface area contributed by atoms with E-state index in [1.54, 1.807) is 24.3 Å². The van der Waals surface area contributed by atoms with Gasteiger partial charge in [-0.3, -0.25) is 0 Å². The number of fused-ring (bicyclic) bond motifs is 1. The van der Waals surface area contributed by atoms with Crippen LogP contribution in [-0.4, -0.2) is 13.0 Å². The van der Waals surface area contributed by atoms with Gasteiger partial charge in [-0.25, -0.2) is 0 Å². The van der Waals surface area contributed by atoms with E-state index in [1.807, 2.05) is 30.7 Å². The first-order chi connectivity index (χ1) is 10.9. The van der Waals surface area contributed by atoms with E-state index in [4.69, 9.17) is 0 Å². The number of benzene rings is 2. The quantitative estimate of drug-likeness (QED) is 0.730. The van der Waals surface area contributed by atoms with Gasteiger partial charge >= 0.3 is 0 Å². The first-order valence-electron chi connectivity index (χ1n) is 7.37. The van der Waals surface area contributed by atoms with Gasteiger partial charge in [0, 0.05) is 7.05 Å². The highest BCUT2D eigenvalue weighted by Gasteiger charge is 2.14. The molecule has 0 aliphatic rings. The minimum absolute atomic E-state index is 0.219. The van der Waals surface area contributed by atoms with Crippen LogP contribution in [0.4, 0.5) is 0 Å². The fraction of sp³-hybridized carbons (Fsp3) is 0.235. The summed E-state index contributed by atoms with van der Waals surface area (Å²) < 4.78 is 32.0. The summed E-state index contributed by atoms with van der Waals surface area (Å²) in [7, 11) is -1.84. The number of thiazole rings is 1. The zero-order valence-electron chi connectivity index (χ0n) is 13.3. The van der Waals surface area contributed by atoms with Crippen LogP contribution in [0.1, 0.15) is 18.1 Å². The van der Waals surface area contributed by atoms with Gasteiger partial charge in [0.1, 0.15) is 0 Å². The van der Waals surface area contributed by atoms with Crippen molar-refractivity contribution in [2.75, 3.05) is 0 Å². The maximum absolute atomic E-state index is 12.5. The number of rotatable bonds is 3. The predicted octanol–water partition coefficient (Wildman–Crippen LogP) is 3.40.